The highest BCUT2D eigenvalue weighted by molar-refractivity contribution is 5.62. The van der Waals surface area contributed by atoms with Crippen LogP contribution in [0.1, 0.15) is 12.5 Å². The van der Waals surface area contributed by atoms with E-state index in [0.29, 0.717) is 6.04 Å². The van der Waals surface area contributed by atoms with Crippen molar-refractivity contribution in [2.75, 3.05) is 7.05 Å². The number of nitrogens with zero attached hydrogens (tertiary/aromatic N) is 1. The van der Waals surface area contributed by atoms with Gasteiger partial charge in [-0.1, -0.05) is 30.3 Å². The number of pyridine rings is 1. The van der Waals surface area contributed by atoms with Gasteiger partial charge >= 0.3 is 0 Å². The highest BCUT2D eigenvalue weighted by Gasteiger charge is 2.01. The van der Waals surface area contributed by atoms with E-state index in [2.05, 4.69) is 47.6 Å². The molecule has 1 N–H and O–H groups in total. The minimum Gasteiger partial charge on any atom is -0.317 e. The van der Waals surface area contributed by atoms with Gasteiger partial charge in [-0.25, -0.2) is 0 Å². The first-order chi connectivity index (χ1) is 8.29. The maximum absolute atomic E-state index is 4.14. The molecule has 0 saturated heterocycles. The van der Waals surface area contributed by atoms with E-state index in [-0.39, 0.29) is 0 Å². The van der Waals surface area contributed by atoms with Crippen LogP contribution in [0.2, 0.25) is 0 Å². The Morgan fingerprint density at radius 3 is 2.47 bits per heavy atom. The molecule has 0 bridgehead atoms. The van der Waals surface area contributed by atoms with Gasteiger partial charge in [0.25, 0.3) is 0 Å². The molecule has 17 heavy (non-hydrogen) atoms. The summed E-state index contributed by atoms with van der Waals surface area (Å²) < 4.78 is 0. The Labute approximate surface area is 103 Å². The van der Waals surface area contributed by atoms with Crippen molar-refractivity contribution in [2.24, 2.45) is 0 Å². The number of hydrogen-bond donors (Lipinski definition) is 1. The predicted molar refractivity (Wildman–Crippen MR) is 71.9 cm³/mol. The third-order valence-corrected chi connectivity index (χ3v) is 2.98. The lowest BCUT2D eigenvalue weighted by Crippen LogP contribution is -2.23. The largest absolute Gasteiger partial charge is 0.317 e. The van der Waals surface area contributed by atoms with Crippen LogP contribution in [0.4, 0.5) is 0 Å². The second-order valence-corrected chi connectivity index (χ2v) is 4.33. The van der Waals surface area contributed by atoms with Crippen molar-refractivity contribution in [1.29, 1.82) is 0 Å². The van der Waals surface area contributed by atoms with E-state index in [4.69, 9.17) is 0 Å². The van der Waals surface area contributed by atoms with Gasteiger partial charge in [-0.15, -0.1) is 0 Å². The first-order valence-electron chi connectivity index (χ1n) is 5.96. The zero-order valence-electron chi connectivity index (χ0n) is 10.4. The fraction of sp³-hybridized carbons (Fsp3) is 0.267. The smallest absolute Gasteiger partial charge is 0.0346 e. The van der Waals surface area contributed by atoms with Crippen LogP contribution in [-0.2, 0) is 6.42 Å². The zero-order valence-corrected chi connectivity index (χ0v) is 10.4. The van der Waals surface area contributed by atoms with Gasteiger partial charge < -0.3 is 5.32 Å². The van der Waals surface area contributed by atoms with Crippen molar-refractivity contribution in [3.05, 3.63) is 54.4 Å². The van der Waals surface area contributed by atoms with Crippen molar-refractivity contribution in [3.8, 4) is 11.1 Å². The summed E-state index contributed by atoms with van der Waals surface area (Å²) in [7, 11) is 1.99. The summed E-state index contributed by atoms with van der Waals surface area (Å²) >= 11 is 0. The highest BCUT2D eigenvalue weighted by atomic mass is 14.8. The van der Waals surface area contributed by atoms with Gasteiger partial charge in [0.05, 0.1) is 0 Å². The van der Waals surface area contributed by atoms with Crippen LogP contribution in [0.3, 0.4) is 0 Å². The van der Waals surface area contributed by atoms with Crippen molar-refractivity contribution in [3.63, 3.8) is 0 Å². The number of benzene rings is 1. The van der Waals surface area contributed by atoms with Crippen LogP contribution in [0.5, 0.6) is 0 Å². The molecule has 1 atom stereocenters. The third-order valence-electron chi connectivity index (χ3n) is 2.98. The first-order valence-corrected chi connectivity index (χ1v) is 5.96. The number of nitrogens with one attached hydrogen (secondary N) is 1. The van der Waals surface area contributed by atoms with Crippen molar-refractivity contribution in [1.82, 2.24) is 10.3 Å². The van der Waals surface area contributed by atoms with E-state index in [1.807, 2.05) is 19.3 Å². The van der Waals surface area contributed by atoms with Gasteiger partial charge in [-0.3, -0.25) is 4.98 Å². The predicted octanol–water partition coefficient (Wildman–Crippen LogP) is 2.90. The minimum absolute atomic E-state index is 0.513. The van der Waals surface area contributed by atoms with Crippen LogP contribution in [0, 0.1) is 0 Å². The van der Waals surface area contributed by atoms with Crippen LogP contribution >= 0.6 is 0 Å². The lowest BCUT2D eigenvalue weighted by molar-refractivity contribution is 0.608. The summed E-state index contributed by atoms with van der Waals surface area (Å²) in [6.45, 7) is 2.19. The summed E-state index contributed by atoms with van der Waals surface area (Å²) in [5, 5.41) is 3.25. The molecule has 1 aromatic heterocycles. The Bertz CT molecular complexity index is 448. The molecule has 88 valence electrons. The fourth-order valence-electron chi connectivity index (χ4n) is 1.82. The SMILES string of the molecule is CNC(C)Cc1ccc(-c2cccnc2)cc1. The van der Waals surface area contributed by atoms with E-state index in [1.54, 1.807) is 6.20 Å². The third kappa shape index (κ3) is 3.14. The number of hydrogen-bond acceptors (Lipinski definition) is 2. The molecular weight excluding hydrogens is 208 g/mol. The number of rotatable bonds is 4. The van der Waals surface area contributed by atoms with E-state index in [9.17, 15) is 0 Å². The van der Waals surface area contributed by atoms with Crippen LogP contribution < -0.4 is 5.32 Å². The molecule has 2 nitrogen and oxygen atoms in total. The Morgan fingerprint density at radius 1 is 1.12 bits per heavy atom. The summed E-state index contributed by atoms with van der Waals surface area (Å²) in [5.74, 6) is 0. The molecule has 0 fully saturated rings. The zero-order chi connectivity index (χ0) is 12.1. The summed E-state index contributed by atoms with van der Waals surface area (Å²) in [6.07, 6.45) is 4.75. The lowest BCUT2D eigenvalue weighted by Gasteiger charge is -2.10. The van der Waals surface area contributed by atoms with E-state index in [1.165, 1.54) is 16.7 Å². The van der Waals surface area contributed by atoms with Crippen LogP contribution in [-0.4, -0.2) is 18.1 Å². The monoisotopic (exact) mass is 226 g/mol. The van der Waals surface area contributed by atoms with Crippen molar-refractivity contribution >= 4 is 0 Å². The summed E-state index contributed by atoms with van der Waals surface area (Å²) in [6, 6.07) is 13.3. The van der Waals surface area contributed by atoms with Gasteiger partial charge in [-0.2, -0.15) is 0 Å². The average molecular weight is 226 g/mol. The van der Waals surface area contributed by atoms with E-state index in [0.717, 1.165) is 6.42 Å². The molecule has 0 amide bonds. The first kappa shape index (κ1) is 11.8. The molecule has 2 aromatic rings. The second-order valence-electron chi connectivity index (χ2n) is 4.33. The Kier molecular flexibility index (Phi) is 3.89. The van der Waals surface area contributed by atoms with E-state index < -0.39 is 0 Å². The quantitative estimate of drug-likeness (QED) is 0.867. The van der Waals surface area contributed by atoms with Crippen LogP contribution in [0.25, 0.3) is 11.1 Å². The van der Waals surface area contributed by atoms with Gasteiger partial charge in [0, 0.05) is 18.4 Å². The molecule has 0 saturated carbocycles. The molecule has 1 unspecified atom stereocenters. The van der Waals surface area contributed by atoms with Gasteiger partial charge in [0.2, 0.25) is 0 Å². The Morgan fingerprint density at radius 2 is 1.88 bits per heavy atom. The average Bonchev–Trinajstić information content (AvgIpc) is 2.40. The fourth-order valence-corrected chi connectivity index (χ4v) is 1.82. The highest BCUT2D eigenvalue weighted by Crippen LogP contribution is 2.18. The normalized spacial score (nSPS) is 12.4. The Balaban J connectivity index is 2.13. The second kappa shape index (κ2) is 5.60. The van der Waals surface area contributed by atoms with Gasteiger partial charge in [-0.05, 0) is 43.1 Å². The maximum Gasteiger partial charge on any atom is 0.0346 e. The standard InChI is InChI=1S/C15H18N2/c1-12(16-2)10-13-5-7-14(8-6-13)15-4-3-9-17-11-15/h3-9,11-12,16H,10H2,1-2H3. The summed E-state index contributed by atoms with van der Waals surface area (Å²) in [5.41, 5.74) is 3.75. The lowest BCUT2D eigenvalue weighted by atomic mass is 10.0. The molecule has 1 aromatic carbocycles. The molecule has 0 aliphatic carbocycles. The Hall–Kier alpha value is -1.67. The molecule has 0 spiro atoms. The molecule has 0 aliphatic rings. The maximum atomic E-state index is 4.14. The number of aromatic nitrogens is 1. The molecule has 0 aliphatic heterocycles. The topological polar surface area (TPSA) is 24.9 Å². The van der Waals surface area contributed by atoms with Crippen molar-refractivity contribution in [2.45, 2.75) is 19.4 Å². The van der Waals surface area contributed by atoms with Crippen molar-refractivity contribution < 1.29 is 0 Å². The van der Waals surface area contributed by atoms with E-state index >= 15 is 0 Å². The molecule has 2 heteroatoms. The van der Waals surface area contributed by atoms with Gasteiger partial charge in [0.1, 0.15) is 0 Å². The summed E-state index contributed by atoms with van der Waals surface area (Å²) in [4.78, 5) is 4.14. The van der Waals surface area contributed by atoms with Crippen LogP contribution in [0.15, 0.2) is 48.8 Å². The molecule has 0 radical (unpaired) electrons. The molecular formula is C15H18N2. The minimum atomic E-state index is 0.513. The molecule has 2 rings (SSSR count). The number of likely N-dealkylation sites (N-methyl/N-ethyl adjacent to an activating group) is 1. The molecule has 1 heterocycles. The van der Waals surface area contributed by atoms with Gasteiger partial charge in [0.15, 0.2) is 0 Å².